The van der Waals surface area contributed by atoms with Crippen molar-refractivity contribution >= 4 is 55.1 Å². The van der Waals surface area contributed by atoms with Crippen molar-refractivity contribution in [2.75, 3.05) is 36.6 Å². The van der Waals surface area contributed by atoms with E-state index in [1.165, 1.54) is 42.1 Å². The molecule has 0 saturated heterocycles. The Kier molecular flexibility index (Phi) is 15.3. The Balaban J connectivity index is 0.00000729. The second-order valence-corrected chi connectivity index (χ2v) is 16.5. The zero-order valence-corrected chi connectivity index (χ0v) is 32.1. The second-order valence-electron chi connectivity index (χ2n) is 12.4. The summed E-state index contributed by atoms with van der Waals surface area (Å²) in [6, 6.07) is 17.0. The highest BCUT2D eigenvalue weighted by atomic mass is 32.2. The van der Waals surface area contributed by atoms with Crippen LogP contribution in [0.1, 0.15) is 64.0 Å². The number of hydrogen-bond donors (Lipinski definition) is 6. The lowest BCUT2D eigenvalue weighted by Crippen LogP contribution is -2.53. The van der Waals surface area contributed by atoms with Crippen molar-refractivity contribution in [3.63, 3.8) is 0 Å². The number of aromatic hydroxyl groups is 1. The van der Waals surface area contributed by atoms with Crippen LogP contribution < -0.4 is 31.1 Å². The van der Waals surface area contributed by atoms with Crippen LogP contribution in [0.3, 0.4) is 0 Å². The Labute approximate surface area is 310 Å². The van der Waals surface area contributed by atoms with Crippen LogP contribution in [-0.2, 0) is 29.7 Å². The first-order valence-corrected chi connectivity index (χ1v) is 21.0. The average Bonchev–Trinajstić information content (AvgIpc) is 3.19. The topological polar surface area (TPSA) is 226 Å². The molecule has 0 fully saturated rings. The third-order valence-corrected chi connectivity index (χ3v) is 11.6. The number of sulfonamides is 1. The van der Waals surface area contributed by atoms with Gasteiger partial charge in [0.05, 0.1) is 21.9 Å². The molecule has 0 bridgehead atoms. The van der Waals surface area contributed by atoms with Crippen molar-refractivity contribution < 1.29 is 40.8 Å². The van der Waals surface area contributed by atoms with Crippen molar-refractivity contribution in [3.05, 3.63) is 72.3 Å². The number of anilines is 2. The van der Waals surface area contributed by atoms with Crippen molar-refractivity contribution in [2.24, 2.45) is 0 Å². The Bertz CT molecular complexity index is 1870. The number of ether oxygens (including phenoxy) is 1. The highest BCUT2D eigenvalue weighted by molar-refractivity contribution is 7.98. The molecule has 1 heterocycles. The van der Waals surface area contributed by atoms with E-state index in [1.807, 2.05) is 41.5 Å². The zero-order chi connectivity index (χ0) is 37.2. The maximum absolute atomic E-state index is 14.3. The molecular weight excluding hydrogens is 731 g/mol. The van der Waals surface area contributed by atoms with Crippen LogP contribution in [0.15, 0.2) is 76.5 Å². The molecule has 17 heteroatoms. The lowest BCUT2D eigenvalue weighted by molar-refractivity contribution is -0.130. The number of para-hydroxylation sites is 1. The number of amides is 2. The van der Waals surface area contributed by atoms with Gasteiger partial charge in [-0.15, -0.1) is 11.8 Å². The number of benzene rings is 3. The molecule has 1 atom stereocenters. The SMILES string of the molecule is CCCCC1(CCCC)CN(c2ccccc2)c2cc(SC)c(OCC(=O)N[C@@H](C(=O)NCCS(=O)(=O)O)c3ccc(O)cc3)cc2S(=O)(=O)N1.N. The third-order valence-electron chi connectivity index (χ3n) is 8.53. The first-order chi connectivity index (χ1) is 24.2. The van der Waals surface area contributed by atoms with E-state index in [4.69, 9.17) is 9.29 Å². The molecule has 2 amide bonds. The van der Waals surface area contributed by atoms with Gasteiger partial charge in [0.25, 0.3) is 16.0 Å². The van der Waals surface area contributed by atoms with Crippen LogP contribution >= 0.6 is 11.8 Å². The number of phenols is 1. The van der Waals surface area contributed by atoms with E-state index < -0.39 is 62.4 Å². The molecule has 0 radical (unpaired) electrons. The van der Waals surface area contributed by atoms with E-state index in [2.05, 4.69) is 29.2 Å². The molecule has 3 aromatic rings. The Morgan fingerprint density at radius 3 is 2.25 bits per heavy atom. The van der Waals surface area contributed by atoms with E-state index in [0.29, 0.717) is 30.0 Å². The summed E-state index contributed by atoms with van der Waals surface area (Å²) in [6.07, 6.45) is 6.63. The number of rotatable bonds is 17. The number of hydrogen-bond acceptors (Lipinski definition) is 11. The summed E-state index contributed by atoms with van der Waals surface area (Å²) in [5.41, 5.74) is 0.878. The van der Waals surface area contributed by atoms with E-state index in [9.17, 15) is 31.5 Å². The molecule has 0 unspecified atom stereocenters. The van der Waals surface area contributed by atoms with Gasteiger partial charge in [-0.2, -0.15) is 8.42 Å². The van der Waals surface area contributed by atoms with Crippen LogP contribution in [-0.4, -0.2) is 75.6 Å². The number of carbonyl (C=O) groups excluding carboxylic acids is 2. The molecule has 14 nitrogen and oxygen atoms in total. The van der Waals surface area contributed by atoms with Gasteiger partial charge in [0, 0.05) is 24.8 Å². The summed E-state index contributed by atoms with van der Waals surface area (Å²) in [7, 11) is -8.42. The van der Waals surface area contributed by atoms with Gasteiger partial charge in [-0.3, -0.25) is 14.1 Å². The number of nitrogens with one attached hydrogen (secondary N) is 3. The molecular formula is C35H49N5O9S3. The molecule has 0 aliphatic carbocycles. The summed E-state index contributed by atoms with van der Waals surface area (Å²) in [4.78, 5) is 28.9. The highest BCUT2D eigenvalue weighted by Crippen LogP contribution is 2.44. The van der Waals surface area contributed by atoms with Gasteiger partial charge in [-0.05, 0) is 55.0 Å². The summed E-state index contributed by atoms with van der Waals surface area (Å²) in [5.74, 6) is -2.14. The first-order valence-electron chi connectivity index (χ1n) is 16.7. The fourth-order valence-corrected chi connectivity index (χ4v) is 8.53. The zero-order valence-electron chi connectivity index (χ0n) is 29.6. The monoisotopic (exact) mass is 779 g/mol. The van der Waals surface area contributed by atoms with Crippen molar-refractivity contribution in [1.82, 2.24) is 21.5 Å². The van der Waals surface area contributed by atoms with Gasteiger partial charge in [0.1, 0.15) is 22.4 Å². The van der Waals surface area contributed by atoms with Crippen molar-refractivity contribution in [1.29, 1.82) is 0 Å². The quantitative estimate of drug-likeness (QED) is 0.0781. The fraction of sp³-hybridized carbons (Fsp3) is 0.429. The Morgan fingerprint density at radius 2 is 1.67 bits per heavy atom. The fourth-order valence-electron chi connectivity index (χ4n) is 5.96. The van der Waals surface area contributed by atoms with Gasteiger partial charge in [-0.1, -0.05) is 69.9 Å². The average molecular weight is 780 g/mol. The second kappa shape index (κ2) is 18.8. The number of unbranched alkanes of at least 4 members (excludes halogenated alkanes) is 2. The molecule has 3 aromatic carbocycles. The molecule has 0 aromatic heterocycles. The molecule has 8 N–H and O–H groups in total. The highest BCUT2D eigenvalue weighted by Gasteiger charge is 2.42. The lowest BCUT2D eigenvalue weighted by Gasteiger charge is -2.37. The molecule has 4 rings (SSSR count). The van der Waals surface area contributed by atoms with Gasteiger partial charge in [0.15, 0.2) is 6.61 Å². The molecule has 1 aliphatic heterocycles. The molecule has 286 valence electrons. The van der Waals surface area contributed by atoms with E-state index in [0.717, 1.165) is 31.4 Å². The molecule has 0 spiro atoms. The van der Waals surface area contributed by atoms with Crippen LogP contribution in [0, 0.1) is 0 Å². The maximum atomic E-state index is 14.3. The summed E-state index contributed by atoms with van der Waals surface area (Å²) >= 11 is 1.32. The predicted molar refractivity (Wildman–Crippen MR) is 203 cm³/mol. The smallest absolute Gasteiger partial charge is 0.266 e. The Hall–Kier alpha value is -3.87. The number of thioether (sulfide) groups is 1. The van der Waals surface area contributed by atoms with E-state index >= 15 is 0 Å². The van der Waals surface area contributed by atoms with Gasteiger partial charge >= 0.3 is 0 Å². The molecule has 0 saturated carbocycles. The minimum atomic E-state index is -4.34. The predicted octanol–water partition coefficient (Wildman–Crippen LogP) is 5.07. The largest absolute Gasteiger partial charge is 0.508 e. The number of fused-ring (bicyclic) bond motifs is 1. The number of nitrogens with zero attached hydrogens (tertiary/aromatic N) is 1. The standard InChI is InChI=1S/C35H46N4O9S3.H3N/c1-4-6-17-35(18-7-5-2)24-39(26-11-9-8-10-12-26)28-21-30(49-3)29(22-31(28)51(46,47)38-35)48-23-32(41)37-33(25-13-15-27(40)16-14-25)34(42)36-19-20-50(43,44)45;/h8-16,21-22,33,38,40H,4-7,17-20,23-24H2,1-3H3,(H,36,42)(H,37,41)(H,43,44,45);1H3/t33-;/m1./s1. The van der Waals surface area contributed by atoms with E-state index in [1.54, 1.807) is 6.07 Å². The summed E-state index contributed by atoms with van der Waals surface area (Å²) < 4.78 is 68.9. The normalized spacial score (nSPS) is 15.3. The molecule has 52 heavy (non-hydrogen) atoms. The minimum absolute atomic E-state index is 0. The summed E-state index contributed by atoms with van der Waals surface area (Å²) in [5, 5.41) is 14.6. The van der Waals surface area contributed by atoms with Gasteiger partial charge < -0.3 is 31.5 Å². The van der Waals surface area contributed by atoms with Crippen LogP contribution in [0.2, 0.25) is 0 Å². The summed E-state index contributed by atoms with van der Waals surface area (Å²) in [6.45, 7) is 3.58. The van der Waals surface area contributed by atoms with Gasteiger partial charge in [-0.25, -0.2) is 13.1 Å². The van der Waals surface area contributed by atoms with Crippen LogP contribution in [0.4, 0.5) is 11.4 Å². The minimum Gasteiger partial charge on any atom is -0.508 e. The van der Waals surface area contributed by atoms with Crippen molar-refractivity contribution in [2.45, 2.75) is 73.7 Å². The van der Waals surface area contributed by atoms with Crippen LogP contribution in [0.5, 0.6) is 11.5 Å². The van der Waals surface area contributed by atoms with Crippen molar-refractivity contribution in [3.8, 4) is 11.5 Å². The molecule has 1 aliphatic rings. The third kappa shape index (κ3) is 11.3. The Morgan fingerprint density at radius 1 is 1.04 bits per heavy atom. The number of phenolic OH excluding ortho intramolecular Hbond substituents is 1. The maximum Gasteiger partial charge on any atom is 0.266 e. The lowest BCUT2D eigenvalue weighted by atomic mass is 9.87. The van der Waals surface area contributed by atoms with Gasteiger partial charge in [0.2, 0.25) is 15.9 Å². The van der Waals surface area contributed by atoms with E-state index in [-0.39, 0.29) is 28.1 Å². The number of carbonyl (C=O) groups is 2. The van der Waals surface area contributed by atoms with Crippen LogP contribution in [0.25, 0.3) is 0 Å². The first kappa shape index (κ1) is 42.5.